The van der Waals surface area contributed by atoms with Crippen molar-refractivity contribution in [1.82, 2.24) is 0 Å². The van der Waals surface area contributed by atoms with Crippen LogP contribution in [0.15, 0.2) is 12.2 Å². The zero-order valence-electron chi connectivity index (χ0n) is 6.06. The molecular weight excluding hydrogens is 110 g/mol. The lowest BCUT2D eigenvalue weighted by Crippen LogP contribution is -2.27. The molecule has 1 saturated carbocycles. The van der Waals surface area contributed by atoms with Gasteiger partial charge in [-0.25, -0.2) is 0 Å². The van der Waals surface area contributed by atoms with Gasteiger partial charge in [0, 0.05) is 6.04 Å². The van der Waals surface area contributed by atoms with Crippen molar-refractivity contribution in [2.45, 2.75) is 32.2 Å². The highest BCUT2D eigenvalue weighted by molar-refractivity contribution is 5.07. The maximum atomic E-state index is 5.74. The smallest absolute Gasteiger partial charge is 0.0251 e. The SMILES string of the molecule is C=C1C[C@H](C)CCC1N. The number of hydrogen-bond acceptors (Lipinski definition) is 1. The van der Waals surface area contributed by atoms with E-state index in [9.17, 15) is 0 Å². The van der Waals surface area contributed by atoms with Gasteiger partial charge in [0.2, 0.25) is 0 Å². The van der Waals surface area contributed by atoms with Crippen LogP contribution in [0.5, 0.6) is 0 Å². The van der Waals surface area contributed by atoms with Crippen LogP contribution in [0, 0.1) is 5.92 Å². The van der Waals surface area contributed by atoms with Gasteiger partial charge in [-0.3, -0.25) is 0 Å². The Bertz CT molecular complexity index is 118. The van der Waals surface area contributed by atoms with Gasteiger partial charge in [0.25, 0.3) is 0 Å². The molecule has 0 aromatic heterocycles. The quantitative estimate of drug-likeness (QED) is 0.490. The van der Waals surface area contributed by atoms with E-state index in [1.165, 1.54) is 12.0 Å². The molecule has 2 N–H and O–H groups in total. The van der Waals surface area contributed by atoms with Crippen LogP contribution in [0.2, 0.25) is 0 Å². The van der Waals surface area contributed by atoms with Crippen LogP contribution in [0.25, 0.3) is 0 Å². The summed E-state index contributed by atoms with van der Waals surface area (Å²) in [4.78, 5) is 0. The van der Waals surface area contributed by atoms with E-state index in [2.05, 4.69) is 13.5 Å². The predicted octanol–water partition coefficient (Wildman–Crippen LogP) is 1.69. The summed E-state index contributed by atoms with van der Waals surface area (Å²) in [5.41, 5.74) is 6.99. The molecule has 1 unspecified atom stereocenters. The third kappa shape index (κ3) is 1.55. The highest BCUT2D eigenvalue weighted by Crippen LogP contribution is 2.25. The molecule has 0 aliphatic heterocycles. The Labute approximate surface area is 56.9 Å². The van der Waals surface area contributed by atoms with Gasteiger partial charge in [-0.05, 0) is 25.2 Å². The number of hydrogen-bond donors (Lipinski definition) is 1. The fraction of sp³-hybridized carbons (Fsp3) is 0.750. The summed E-state index contributed by atoms with van der Waals surface area (Å²) < 4.78 is 0. The van der Waals surface area contributed by atoms with Crippen LogP contribution in [0.4, 0.5) is 0 Å². The summed E-state index contributed by atoms with van der Waals surface area (Å²) in [6.07, 6.45) is 3.56. The summed E-state index contributed by atoms with van der Waals surface area (Å²) >= 11 is 0. The molecule has 1 rings (SSSR count). The zero-order chi connectivity index (χ0) is 6.85. The van der Waals surface area contributed by atoms with Gasteiger partial charge in [-0.1, -0.05) is 19.1 Å². The molecule has 1 heteroatoms. The molecule has 0 spiro atoms. The molecule has 9 heavy (non-hydrogen) atoms. The van der Waals surface area contributed by atoms with E-state index in [1.54, 1.807) is 0 Å². The molecule has 1 nitrogen and oxygen atoms in total. The third-order valence-electron chi connectivity index (χ3n) is 2.11. The van der Waals surface area contributed by atoms with E-state index in [0.29, 0.717) is 6.04 Å². The normalized spacial score (nSPS) is 36.9. The molecule has 0 heterocycles. The Morgan fingerprint density at radius 2 is 2.22 bits per heavy atom. The fourth-order valence-corrected chi connectivity index (χ4v) is 1.37. The topological polar surface area (TPSA) is 26.0 Å². The van der Waals surface area contributed by atoms with Gasteiger partial charge < -0.3 is 5.73 Å². The monoisotopic (exact) mass is 125 g/mol. The van der Waals surface area contributed by atoms with Crippen LogP contribution in [0.3, 0.4) is 0 Å². The van der Waals surface area contributed by atoms with E-state index in [1.807, 2.05) is 0 Å². The molecular formula is C8H15N. The van der Waals surface area contributed by atoms with Crippen LogP contribution < -0.4 is 5.73 Å². The molecule has 2 atom stereocenters. The molecule has 0 saturated heterocycles. The molecule has 1 fully saturated rings. The summed E-state index contributed by atoms with van der Waals surface area (Å²) in [7, 11) is 0. The third-order valence-corrected chi connectivity index (χ3v) is 2.11. The maximum absolute atomic E-state index is 5.74. The van der Waals surface area contributed by atoms with Crippen molar-refractivity contribution in [3.8, 4) is 0 Å². The lowest BCUT2D eigenvalue weighted by Gasteiger charge is -2.25. The largest absolute Gasteiger partial charge is 0.324 e. The second-order valence-electron chi connectivity index (χ2n) is 3.15. The first-order valence-electron chi connectivity index (χ1n) is 3.63. The van der Waals surface area contributed by atoms with E-state index in [4.69, 9.17) is 5.73 Å². The van der Waals surface area contributed by atoms with E-state index in [-0.39, 0.29) is 0 Å². The predicted molar refractivity (Wildman–Crippen MR) is 40.1 cm³/mol. The zero-order valence-corrected chi connectivity index (χ0v) is 6.06. The van der Waals surface area contributed by atoms with Crippen molar-refractivity contribution in [3.05, 3.63) is 12.2 Å². The lowest BCUT2D eigenvalue weighted by atomic mass is 9.85. The average molecular weight is 125 g/mol. The van der Waals surface area contributed by atoms with E-state index < -0.39 is 0 Å². The standard InChI is InChI=1S/C8H15N/c1-6-3-4-8(9)7(2)5-6/h6,8H,2-5,9H2,1H3/t6-,8?/m1/s1. The van der Waals surface area contributed by atoms with Gasteiger partial charge in [-0.2, -0.15) is 0 Å². The Morgan fingerprint density at radius 3 is 2.67 bits per heavy atom. The minimum absolute atomic E-state index is 0.293. The Morgan fingerprint density at radius 1 is 1.56 bits per heavy atom. The van der Waals surface area contributed by atoms with Crippen LogP contribution >= 0.6 is 0 Å². The second kappa shape index (κ2) is 2.53. The first-order valence-corrected chi connectivity index (χ1v) is 3.63. The van der Waals surface area contributed by atoms with Gasteiger partial charge in [0.15, 0.2) is 0 Å². The summed E-state index contributed by atoms with van der Waals surface area (Å²) in [5, 5.41) is 0. The first-order chi connectivity index (χ1) is 4.20. The van der Waals surface area contributed by atoms with Gasteiger partial charge in [-0.15, -0.1) is 0 Å². The molecule has 1 aliphatic rings. The molecule has 52 valence electrons. The van der Waals surface area contributed by atoms with E-state index >= 15 is 0 Å². The van der Waals surface area contributed by atoms with Gasteiger partial charge in [0.05, 0.1) is 0 Å². The molecule has 0 bridgehead atoms. The number of rotatable bonds is 0. The molecule has 1 aliphatic carbocycles. The van der Waals surface area contributed by atoms with E-state index in [0.717, 1.165) is 18.8 Å². The molecule has 0 amide bonds. The summed E-state index contributed by atoms with van der Waals surface area (Å²) in [5.74, 6) is 0.817. The Kier molecular flexibility index (Phi) is 1.91. The highest BCUT2D eigenvalue weighted by Gasteiger charge is 2.17. The molecule has 0 radical (unpaired) electrons. The van der Waals surface area contributed by atoms with Crippen molar-refractivity contribution >= 4 is 0 Å². The number of nitrogens with two attached hydrogens (primary N) is 1. The summed E-state index contributed by atoms with van der Waals surface area (Å²) in [6.45, 7) is 6.18. The Hall–Kier alpha value is -0.300. The maximum Gasteiger partial charge on any atom is 0.0251 e. The van der Waals surface area contributed by atoms with Crippen molar-refractivity contribution in [2.75, 3.05) is 0 Å². The second-order valence-corrected chi connectivity index (χ2v) is 3.15. The first kappa shape index (κ1) is 6.81. The fourth-order valence-electron chi connectivity index (χ4n) is 1.37. The van der Waals surface area contributed by atoms with Crippen molar-refractivity contribution in [3.63, 3.8) is 0 Å². The lowest BCUT2D eigenvalue weighted by molar-refractivity contribution is 0.422. The van der Waals surface area contributed by atoms with Crippen molar-refractivity contribution in [1.29, 1.82) is 0 Å². The molecule has 0 aromatic carbocycles. The van der Waals surface area contributed by atoms with Crippen molar-refractivity contribution in [2.24, 2.45) is 11.7 Å². The minimum atomic E-state index is 0.293. The van der Waals surface area contributed by atoms with Crippen LogP contribution in [0.1, 0.15) is 26.2 Å². The molecule has 0 aromatic rings. The van der Waals surface area contributed by atoms with Crippen LogP contribution in [-0.2, 0) is 0 Å². The average Bonchev–Trinajstić information content (AvgIpc) is 1.80. The van der Waals surface area contributed by atoms with Crippen molar-refractivity contribution < 1.29 is 0 Å². The minimum Gasteiger partial charge on any atom is -0.324 e. The van der Waals surface area contributed by atoms with Crippen LogP contribution in [-0.4, -0.2) is 6.04 Å². The van der Waals surface area contributed by atoms with Gasteiger partial charge in [0.1, 0.15) is 0 Å². The Balaban J connectivity index is 2.44. The summed E-state index contributed by atoms with van der Waals surface area (Å²) in [6, 6.07) is 0.293. The van der Waals surface area contributed by atoms with Gasteiger partial charge >= 0.3 is 0 Å². The highest BCUT2D eigenvalue weighted by atomic mass is 14.6.